The molecule has 2 aromatic carbocycles. The fourth-order valence-corrected chi connectivity index (χ4v) is 4.40. The topological polar surface area (TPSA) is 66.5 Å². The molecule has 1 N–H and O–H groups in total. The normalized spacial score (nSPS) is 12.2. The van der Waals surface area contributed by atoms with Crippen molar-refractivity contribution >= 4 is 21.6 Å². The summed E-state index contributed by atoms with van der Waals surface area (Å²) in [6, 6.07) is 9.47. The van der Waals surface area contributed by atoms with Crippen LogP contribution in [0.1, 0.15) is 23.6 Å². The Balaban J connectivity index is 2.26. The number of rotatable bonds is 6. The Morgan fingerprint density at radius 1 is 1.11 bits per heavy atom. The summed E-state index contributed by atoms with van der Waals surface area (Å²) >= 11 is 0. The summed E-state index contributed by atoms with van der Waals surface area (Å²) in [6.45, 7) is 4.33. The maximum atomic E-state index is 13.1. The summed E-state index contributed by atoms with van der Waals surface area (Å²) in [6.07, 6.45) is -4.64. The van der Waals surface area contributed by atoms with E-state index in [-0.39, 0.29) is 11.4 Å². The Hall–Kier alpha value is -2.39. The number of likely N-dealkylation sites (N-methyl/N-ethyl adjacent to an activating group) is 1. The van der Waals surface area contributed by atoms with Crippen LogP contribution in [0.2, 0.25) is 0 Å². The van der Waals surface area contributed by atoms with Crippen LogP contribution in [-0.2, 0) is 21.0 Å². The van der Waals surface area contributed by atoms with Crippen LogP contribution in [0.15, 0.2) is 47.4 Å². The van der Waals surface area contributed by atoms with Gasteiger partial charge in [-0.05, 0) is 43.2 Å². The van der Waals surface area contributed by atoms with Gasteiger partial charge in [-0.15, -0.1) is 0 Å². The number of anilines is 1. The lowest BCUT2D eigenvalue weighted by Crippen LogP contribution is -2.38. The van der Waals surface area contributed by atoms with Gasteiger partial charge in [-0.3, -0.25) is 4.79 Å². The number of nitrogens with one attached hydrogen (secondary N) is 1. The van der Waals surface area contributed by atoms with Crippen LogP contribution in [-0.4, -0.2) is 31.7 Å². The van der Waals surface area contributed by atoms with Crippen molar-refractivity contribution in [1.82, 2.24) is 4.31 Å². The highest BCUT2D eigenvalue weighted by molar-refractivity contribution is 7.89. The van der Waals surface area contributed by atoms with Crippen molar-refractivity contribution < 1.29 is 26.4 Å². The third-order valence-corrected chi connectivity index (χ3v) is 6.20. The molecule has 0 radical (unpaired) electrons. The molecule has 0 aliphatic rings. The summed E-state index contributed by atoms with van der Waals surface area (Å²) in [4.78, 5) is 12.4. The Morgan fingerprint density at radius 3 is 2.36 bits per heavy atom. The molecule has 5 nitrogen and oxygen atoms in total. The van der Waals surface area contributed by atoms with Crippen LogP contribution in [0.4, 0.5) is 18.9 Å². The fraction of sp³-hybridized carbons (Fsp3) is 0.316. The van der Waals surface area contributed by atoms with E-state index < -0.39 is 39.9 Å². The number of para-hydroxylation sites is 1. The number of hydrogen-bond donors (Lipinski definition) is 1. The number of carbonyl (C=O) groups is 1. The van der Waals surface area contributed by atoms with E-state index in [0.717, 1.165) is 22.0 Å². The average Bonchev–Trinajstić information content (AvgIpc) is 2.61. The Kier molecular flexibility index (Phi) is 6.51. The van der Waals surface area contributed by atoms with Crippen molar-refractivity contribution in [1.29, 1.82) is 0 Å². The number of benzene rings is 2. The molecular formula is C19H21F3N2O3S. The zero-order chi connectivity index (χ0) is 21.1. The lowest BCUT2D eigenvalue weighted by molar-refractivity contribution is -0.137. The number of sulfonamides is 1. The van der Waals surface area contributed by atoms with Gasteiger partial charge in [0.25, 0.3) is 0 Å². The second-order valence-corrected chi connectivity index (χ2v) is 8.20. The van der Waals surface area contributed by atoms with Crippen LogP contribution in [0.5, 0.6) is 0 Å². The first-order chi connectivity index (χ1) is 13.0. The van der Waals surface area contributed by atoms with E-state index in [9.17, 15) is 26.4 Å². The van der Waals surface area contributed by atoms with Gasteiger partial charge in [0.15, 0.2) is 0 Å². The summed E-state index contributed by atoms with van der Waals surface area (Å²) in [7, 11) is -3.98. The van der Waals surface area contributed by atoms with Gasteiger partial charge in [-0.1, -0.05) is 31.2 Å². The van der Waals surface area contributed by atoms with Crippen molar-refractivity contribution in [2.24, 2.45) is 0 Å². The molecular weight excluding hydrogens is 393 g/mol. The minimum absolute atomic E-state index is 0.00987. The van der Waals surface area contributed by atoms with E-state index in [0.29, 0.717) is 5.56 Å². The van der Waals surface area contributed by atoms with Crippen molar-refractivity contribution in [2.75, 3.05) is 18.4 Å². The molecule has 0 atom stereocenters. The van der Waals surface area contributed by atoms with Crippen molar-refractivity contribution in [3.05, 3.63) is 59.2 Å². The van der Waals surface area contributed by atoms with Crippen LogP contribution in [0.25, 0.3) is 0 Å². The van der Waals surface area contributed by atoms with Gasteiger partial charge >= 0.3 is 6.18 Å². The molecule has 0 saturated carbocycles. The average molecular weight is 414 g/mol. The summed E-state index contributed by atoms with van der Waals surface area (Å²) < 4.78 is 66.0. The lowest BCUT2D eigenvalue weighted by atomic mass is 10.1. The Bertz CT molecular complexity index is 973. The molecule has 0 fully saturated rings. The Labute approximate surface area is 162 Å². The molecule has 0 aromatic heterocycles. The van der Waals surface area contributed by atoms with Crippen molar-refractivity contribution in [3.8, 4) is 0 Å². The SMILES string of the molecule is CCN(CC(=O)Nc1ccccc1C(F)(F)F)S(=O)(=O)c1cc(C)ccc1C. The van der Waals surface area contributed by atoms with Gasteiger partial charge in [-0.25, -0.2) is 8.42 Å². The van der Waals surface area contributed by atoms with Gasteiger partial charge in [0.1, 0.15) is 0 Å². The fourth-order valence-electron chi connectivity index (χ4n) is 2.68. The van der Waals surface area contributed by atoms with Gasteiger partial charge < -0.3 is 5.32 Å². The van der Waals surface area contributed by atoms with Gasteiger partial charge in [0.05, 0.1) is 22.7 Å². The molecule has 152 valence electrons. The largest absolute Gasteiger partial charge is 0.418 e. The quantitative estimate of drug-likeness (QED) is 0.778. The third-order valence-electron chi connectivity index (χ3n) is 4.14. The second kappa shape index (κ2) is 8.32. The Morgan fingerprint density at radius 2 is 1.75 bits per heavy atom. The predicted molar refractivity (Wildman–Crippen MR) is 100 cm³/mol. The highest BCUT2D eigenvalue weighted by Gasteiger charge is 2.34. The van der Waals surface area contributed by atoms with Crippen LogP contribution >= 0.6 is 0 Å². The number of halogens is 3. The zero-order valence-electron chi connectivity index (χ0n) is 15.7. The van der Waals surface area contributed by atoms with E-state index in [4.69, 9.17) is 0 Å². The molecule has 0 bridgehead atoms. The minimum Gasteiger partial charge on any atom is -0.324 e. The van der Waals surface area contributed by atoms with E-state index in [1.54, 1.807) is 32.9 Å². The molecule has 9 heteroatoms. The van der Waals surface area contributed by atoms with Gasteiger partial charge in [0.2, 0.25) is 15.9 Å². The van der Waals surface area contributed by atoms with E-state index in [1.807, 2.05) is 0 Å². The number of nitrogens with zero attached hydrogens (tertiary/aromatic N) is 1. The number of hydrogen-bond acceptors (Lipinski definition) is 3. The smallest absolute Gasteiger partial charge is 0.324 e. The maximum absolute atomic E-state index is 13.1. The molecule has 2 aromatic rings. The molecule has 0 unspecified atom stereocenters. The minimum atomic E-state index is -4.64. The standard InChI is InChI=1S/C19H21F3N2O3S/c1-4-24(28(26,27)17-11-13(2)9-10-14(17)3)12-18(25)23-16-8-6-5-7-15(16)19(20,21)22/h5-11H,4,12H2,1-3H3,(H,23,25). The van der Waals surface area contributed by atoms with Gasteiger partial charge in [-0.2, -0.15) is 17.5 Å². The second-order valence-electron chi connectivity index (χ2n) is 6.29. The monoisotopic (exact) mass is 414 g/mol. The molecule has 0 saturated heterocycles. The highest BCUT2D eigenvalue weighted by atomic mass is 32.2. The molecule has 0 spiro atoms. The van der Waals surface area contributed by atoms with Crippen molar-refractivity contribution in [3.63, 3.8) is 0 Å². The summed E-state index contributed by atoms with van der Waals surface area (Å²) in [5, 5.41) is 2.17. The molecule has 0 heterocycles. The number of alkyl halides is 3. The summed E-state index contributed by atoms with van der Waals surface area (Å²) in [5.74, 6) is -0.854. The lowest BCUT2D eigenvalue weighted by Gasteiger charge is -2.22. The predicted octanol–water partition coefficient (Wildman–Crippen LogP) is 3.97. The molecule has 0 aliphatic carbocycles. The van der Waals surface area contributed by atoms with Crippen LogP contribution < -0.4 is 5.32 Å². The van der Waals surface area contributed by atoms with Gasteiger partial charge in [0, 0.05) is 6.54 Å². The van der Waals surface area contributed by atoms with E-state index >= 15 is 0 Å². The highest BCUT2D eigenvalue weighted by Crippen LogP contribution is 2.34. The van der Waals surface area contributed by atoms with E-state index in [1.165, 1.54) is 18.2 Å². The number of aryl methyl sites for hydroxylation is 2. The first kappa shape index (κ1) is 21.9. The van der Waals surface area contributed by atoms with Crippen LogP contribution in [0.3, 0.4) is 0 Å². The molecule has 2 rings (SSSR count). The summed E-state index contributed by atoms with van der Waals surface area (Å²) in [5.41, 5.74) is -0.153. The molecule has 28 heavy (non-hydrogen) atoms. The van der Waals surface area contributed by atoms with Crippen molar-refractivity contribution in [2.45, 2.75) is 31.8 Å². The first-order valence-corrected chi connectivity index (χ1v) is 9.94. The maximum Gasteiger partial charge on any atom is 0.418 e. The van der Waals surface area contributed by atoms with E-state index in [2.05, 4.69) is 5.32 Å². The molecule has 0 aliphatic heterocycles. The number of carbonyl (C=O) groups excluding carboxylic acids is 1. The first-order valence-electron chi connectivity index (χ1n) is 8.50. The third kappa shape index (κ3) is 4.90. The number of amides is 1. The van der Waals surface area contributed by atoms with Crippen LogP contribution in [0, 0.1) is 13.8 Å². The molecule has 1 amide bonds. The zero-order valence-corrected chi connectivity index (χ0v) is 16.5.